The number of amides is 2. The van der Waals surface area contributed by atoms with Gasteiger partial charge in [-0.05, 0) is 25.7 Å². The first kappa shape index (κ1) is 16.7. The van der Waals surface area contributed by atoms with E-state index in [0.717, 1.165) is 18.0 Å². The Morgan fingerprint density at radius 1 is 1.39 bits per heavy atom. The normalized spacial score (nSPS) is 22.1. The number of methoxy groups -OCH3 is 1. The van der Waals surface area contributed by atoms with Gasteiger partial charge in [0, 0.05) is 18.5 Å². The number of hydrogen-bond acceptors (Lipinski definition) is 5. The average molecular weight is 339 g/mol. The quantitative estimate of drug-likeness (QED) is 0.919. The number of nitrogens with one attached hydrogen (secondary N) is 1. The molecular weight excluding hydrogens is 314 g/mol. The van der Waals surface area contributed by atoms with Gasteiger partial charge in [0.1, 0.15) is 0 Å². The Labute approximate surface area is 141 Å². The van der Waals surface area contributed by atoms with Crippen LogP contribution in [0.2, 0.25) is 0 Å². The van der Waals surface area contributed by atoms with Crippen LogP contribution >= 0.6 is 11.3 Å². The van der Waals surface area contributed by atoms with Crippen molar-refractivity contribution in [3.8, 4) is 0 Å². The Morgan fingerprint density at radius 3 is 3.04 bits per heavy atom. The van der Waals surface area contributed by atoms with Gasteiger partial charge in [-0.25, -0.2) is 9.78 Å². The molecule has 0 spiro atoms. The molecular formula is C16H25N3O3S. The lowest BCUT2D eigenvalue weighted by molar-refractivity contribution is -0.0481. The first-order valence-electron chi connectivity index (χ1n) is 8.41. The second kappa shape index (κ2) is 8.08. The summed E-state index contributed by atoms with van der Waals surface area (Å²) in [6.45, 7) is 2.23. The number of anilines is 1. The Kier molecular flexibility index (Phi) is 5.85. The number of urea groups is 1. The molecule has 0 radical (unpaired) electrons. The van der Waals surface area contributed by atoms with Gasteiger partial charge in [-0.1, -0.05) is 12.8 Å². The van der Waals surface area contributed by atoms with E-state index in [0.29, 0.717) is 26.3 Å². The van der Waals surface area contributed by atoms with Crippen molar-refractivity contribution in [1.82, 2.24) is 9.88 Å². The van der Waals surface area contributed by atoms with Crippen molar-refractivity contribution < 1.29 is 14.3 Å². The number of nitrogens with zero attached hydrogens (tertiary/aromatic N) is 2. The van der Waals surface area contributed by atoms with Crippen molar-refractivity contribution in [2.75, 3.05) is 38.7 Å². The van der Waals surface area contributed by atoms with Gasteiger partial charge < -0.3 is 14.4 Å². The molecule has 0 saturated carbocycles. The maximum Gasteiger partial charge on any atom is 0.323 e. The van der Waals surface area contributed by atoms with E-state index in [2.05, 4.69) is 10.3 Å². The summed E-state index contributed by atoms with van der Waals surface area (Å²) in [6.07, 6.45) is 7.10. The van der Waals surface area contributed by atoms with E-state index in [4.69, 9.17) is 9.47 Å². The lowest BCUT2D eigenvalue weighted by Crippen LogP contribution is -2.48. The summed E-state index contributed by atoms with van der Waals surface area (Å²) in [7, 11) is 1.65. The van der Waals surface area contributed by atoms with E-state index < -0.39 is 0 Å². The van der Waals surface area contributed by atoms with Crippen molar-refractivity contribution in [2.24, 2.45) is 0 Å². The number of carbonyl (C=O) groups excluding carboxylic acids is 1. The van der Waals surface area contributed by atoms with Crippen LogP contribution in [0, 0.1) is 0 Å². The fraction of sp³-hybridized carbons (Fsp3) is 0.750. The predicted molar refractivity (Wildman–Crippen MR) is 90.2 cm³/mol. The van der Waals surface area contributed by atoms with Gasteiger partial charge in [0.2, 0.25) is 0 Å². The summed E-state index contributed by atoms with van der Waals surface area (Å²) in [6, 6.07) is -0.0869. The number of rotatable bonds is 3. The minimum atomic E-state index is -0.0869. The molecule has 2 heterocycles. The third-order valence-electron chi connectivity index (χ3n) is 4.34. The molecule has 128 valence electrons. The molecule has 2 amide bonds. The van der Waals surface area contributed by atoms with Crippen LogP contribution in [-0.2, 0) is 22.3 Å². The van der Waals surface area contributed by atoms with E-state index in [1.165, 1.54) is 36.3 Å². The van der Waals surface area contributed by atoms with Crippen molar-refractivity contribution >= 4 is 22.5 Å². The van der Waals surface area contributed by atoms with Crippen LogP contribution in [0.4, 0.5) is 9.93 Å². The molecule has 1 fully saturated rings. The summed E-state index contributed by atoms with van der Waals surface area (Å²) in [5.74, 6) is 0. The molecule has 6 nitrogen and oxygen atoms in total. The second-order valence-corrected chi connectivity index (χ2v) is 7.21. The maximum absolute atomic E-state index is 12.5. The predicted octanol–water partition coefficient (Wildman–Crippen LogP) is 2.68. The molecule has 23 heavy (non-hydrogen) atoms. The van der Waals surface area contributed by atoms with Crippen LogP contribution in [-0.4, -0.2) is 55.4 Å². The van der Waals surface area contributed by atoms with Crippen LogP contribution in [0.5, 0.6) is 0 Å². The molecule has 0 aromatic carbocycles. The largest absolute Gasteiger partial charge is 0.382 e. The second-order valence-electron chi connectivity index (χ2n) is 6.13. The zero-order valence-corrected chi connectivity index (χ0v) is 14.5. The molecule has 2 aliphatic rings. The molecule has 1 saturated heterocycles. The average Bonchev–Trinajstić information content (AvgIpc) is 2.89. The highest BCUT2D eigenvalue weighted by molar-refractivity contribution is 7.15. The molecule has 0 bridgehead atoms. The van der Waals surface area contributed by atoms with E-state index in [1.54, 1.807) is 23.3 Å². The van der Waals surface area contributed by atoms with Gasteiger partial charge in [-0.2, -0.15) is 0 Å². The van der Waals surface area contributed by atoms with Gasteiger partial charge in [0.05, 0.1) is 31.6 Å². The number of ether oxygens (including phenoxy) is 2. The van der Waals surface area contributed by atoms with Gasteiger partial charge in [0.25, 0.3) is 0 Å². The zero-order chi connectivity index (χ0) is 16.1. The van der Waals surface area contributed by atoms with Crippen molar-refractivity contribution in [3.05, 3.63) is 10.6 Å². The van der Waals surface area contributed by atoms with E-state index >= 15 is 0 Å². The monoisotopic (exact) mass is 339 g/mol. The topological polar surface area (TPSA) is 63.7 Å². The van der Waals surface area contributed by atoms with Crippen LogP contribution in [0.3, 0.4) is 0 Å². The Balaban J connectivity index is 1.60. The minimum Gasteiger partial charge on any atom is -0.382 e. The summed E-state index contributed by atoms with van der Waals surface area (Å²) in [5, 5.41) is 3.70. The van der Waals surface area contributed by atoms with Crippen molar-refractivity contribution in [3.63, 3.8) is 0 Å². The lowest BCUT2D eigenvalue weighted by Gasteiger charge is -2.32. The van der Waals surface area contributed by atoms with Gasteiger partial charge in [-0.3, -0.25) is 5.32 Å². The summed E-state index contributed by atoms with van der Waals surface area (Å²) in [5.41, 5.74) is 1.18. The third-order valence-corrected chi connectivity index (χ3v) is 5.41. The molecule has 3 rings (SSSR count). The Bertz CT molecular complexity index is 507. The van der Waals surface area contributed by atoms with Gasteiger partial charge in [-0.15, -0.1) is 11.3 Å². The van der Waals surface area contributed by atoms with Gasteiger partial charge >= 0.3 is 6.03 Å². The number of hydrogen-bond donors (Lipinski definition) is 1. The first-order valence-corrected chi connectivity index (χ1v) is 9.23. The fourth-order valence-electron chi connectivity index (χ4n) is 3.12. The Hall–Kier alpha value is -1.18. The smallest absolute Gasteiger partial charge is 0.323 e. The standard InChI is InChI=1S/C16H25N3O3S/c1-21-11-12-10-19(8-9-22-12)16(20)18-15-17-13-6-4-2-3-5-7-14(13)23-15/h12H,2-11H2,1H3,(H,17,18,20). The number of thiazole rings is 1. The SMILES string of the molecule is COCC1CN(C(=O)Nc2nc3c(s2)CCCCCC3)CCO1. The molecule has 1 aromatic heterocycles. The number of fused-ring (bicyclic) bond motifs is 1. The van der Waals surface area contributed by atoms with Crippen LogP contribution in [0.15, 0.2) is 0 Å². The van der Waals surface area contributed by atoms with E-state index in [1.807, 2.05) is 0 Å². The number of morpholine rings is 1. The van der Waals surface area contributed by atoms with Gasteiger partial charge in [0.15, 0.2) is 5.13 Å². The van der Waals surface area contributed by atoms with Crippen LogP contribution < -0.4 is 5.32 Å². The third kappa shape index (κ3) is 4.43. The minimum absolute atomic E-state index is 0.0453. The molecule has 1 aromatic rings. The lowest BCUT2D eigenvalue weighted by atomic mass is 10.0. The highest BCUT2D eigenvalue weighted by atomic mass is 32.1. The number of aryl methyl sites for hydroxylation is 2. The molecule has 1 N–H and O–H groups in total. The highest BCUT2D eigenvalue weighted by Crippen LogP contribution is 2.28. The number of aromatic nitrogens is 1. The zero-order valence-electron chi connectivity index (χ0n) is 13.7. The maximum atomic E-state index is 12.5. The van der Waals surface area contributed by atoms with E-state index in [9.17, 15) is 4.79 Å². The van der Waals surface area contributed by atoms with Crippen molar-refractivity contribution in [2.45, 2.75) is 44.6 Å². The molecule has 7 heteroatoms. The molecule has 1 atom stereocenters. The van der Waals surface area contributed by atoms with E-state index in [-0.39, 0.29) is 12.1 Å². The summed E-state index contributed by atoms with van der Waals surface area (Å²) >= 11 is 1.64. The summed E-state index contributed by atoms with van der Waals surface area (Å²) in [4.78, 5) is 20.2. The van der Waals surface area contributed by atoms with Crippen molar-refractivity contribution in [1.29, 1.82) is 0 Å². The number of carbonyl (C=O) groups is 1. The molecule has 1 aliphatic carbocycles. The fourth-order valence-corrected chi connectivity index (χ4v) is 4.16. The first-order chi connectivity index (χ1) is 11.3. The van der Waals surface area contributed by atoms with Crippen LogP contribution in [0.1, 0.15) is 36.3 Å². The van der Waals surface area contributed by atoms with Crippen LogP contribution in [0.25, 0.3) is 0 Å². The Morgan fingerprint density at radius 2 is 2.22 bits per heavy atom. The summed E-state index contributed by atoms with van der Waals surface area (Å²) < 4.78 is 10.7. The highest BCUT2D eigenvalue weighted by Gasteiger charge is 2.25. The molecule has 1 unspecified atom stereocenters. The molecule has 1 aliphatic heterocycles.